The molecule has 0 fully saturated rings. The van der Waals surface area contributed by atoms with Gasteiger partial charge in [-0.2, -0.15) is 17.6 Å². The van der Waals surface area contributed by atoms with Crippen LogP contribution in [0.25, 0.3) is 0 Å². The summed E-state index contributed by atoms with van der Waals surface area (Å²) < 4.78 is 51.0. The Bertz CT molecular complexity index is 395. The first-order valence-electron chi connectivity index (χ1n) is 4.54. The van der Waals surface area contributed by atoms with E-state index in [0.29, 0.717) is 0 Å². The van der Waals surface area contributed by atoms with Gasteiger partial charge in [0, 0.05) is 5.56 Å². The summed E-state index contributed by atoms with van der Waals surface area (Å²) >= 11 is 0. The Labute approximate surface area is 94.1 Å². The lowest BCUT2D eigenvalue weighted by molar-refractivity contribution is -0.234. The fourth-order valence-electron chi connectivity index (χ4n) is 0.995. The third-order valence-electron chi connectivity index (χ3n) is 1.96. The van der Waals surface area contributed by atoms with E-state index in [1.807, 2.05) is 0 Å². The number of halogens is 4. The van der Waals surface area contributed by atoms with Crippen LogP contribution in [0.3, 0.4) is 0 Å². The molecule has 0 heterocycles. The number of hydrogen-bond donors (Lipinski definition) is 2. The van der Waals surface area contributed by atoms with E-state index in [2.05, 4.69) is 0 Å². The van der Waals surface area contributed by atoms with Gasteiger partial charge in [-0.25, -0.2) is 0 Å². The van der Waals surface area contributed by atoms with Gasteiger partial charge in [0.1, 0.15) is 6.61 Å². The lowest BCUT2D eigenvalue weighted by Crippen LogP contribution is -2.55. The van der Waals surface area contributed by atoms with Gasteiger partial charge in [-0.05, 0) is 12.1 Å². The minimum Gasteiger partial charge on any atom is -0.390 e. The summed E-state index contributed by atoms with van der Waals surface area (Å²) in [6.07, 6.45) is 0. The number of carbonyl (C=O) groups excluding carboxylic acids is 1. The van der Waals surface area contributed by atoms with Crippen LogP contribution in [-0.2, 0) is 0 Å². The van der Waals surface area contributed by atoms with E-state index in [1.165, 1.54) is 30.3 Å². The minimum atomic E-state index is -4.81. The molecular formula is C10H9F4NO2. The maximum absolute atomic E-state index is 12.9. The van der Waals surface area contributed by atoms with E-state index in [9.17, 15) is 22.4 Å². The van der Waals surface area contributed by atoms with Gasteiger partial charge < -0.3 is 5.11 Å². The van der Waals surface area contributed by atoms with Crippen molar-refractivity contribution in [3.8, 4) is 0 Å². The SMILES string of the molecule is O=C(NC(F)(F)C(F)(F)CO)c1ccccc1. The van der Waals surface area contributed by atoms with Crippen molar-refractivity contribution in [3.05, 3.63) is 35.9 Å². The largest absolute Gasteiger partial charge is 0.391 e. The fourth-order valence-corrected chi connectivity index (χ4v) is 0.995. The molecule has 3 nitrogen and oxygen atoms in total. The summed E-state index contributed by atoms with van der Waals surface area (Å²) in [5, 5.41) is 9.01. The van der Waals surface area contributed by atoms with Crippen molar-refractivity contribution in [3.63, 3.8) is 0 Å². The second kappa shape index (κ2) is 4.70. The predicted octanol–water partition coefficient (Wildman–Crippen LogP) is 1.64. The standard InChI is InChI=1S/C10H9F4NO2/c11-9(12,6-16)10(13,14)15-8(17)7-4-2-1-3-5-7/h1-5,16H,6H2,(H,15,17). The van der Waals surface area contributed by atoms with Crippen molar-refractivity contribution in [2.24, 2.45) is 0 Å². The van der Waals surface area contributed by atoms with Gasteiger partial charge in [0.15, 0.2) is 0 Å². The second-order valence-corrected chi connectivity index (χ2v) is 3.26. The van der Waals surface area contributed by atoms with Crippen LogP contribution in [0.2, 0.25) is 0 Å². The monoisotopic (exact) mass is 251 g/mol. The van der Waals surface area contributed by atoms with Crippen molar-refractivity contribution in [2.45, 2.75) is 12.0 Å². The Morgan fingerprint density at radius 2 is 1.71 bits per heavy atom. The van der Waals surface area contributed by atoms with Crippen LogP contribution in [0, 0.1) is 0 Å². The summed E-state index contributed by atoms with van der Waals surface area (Å²) in [6, 6.07) is 1.92. The maximum atomic E-state index is 12.9. The van der Waals surface area contributed by atoms with Gasteiger partial charge in [-0.15, -0.1) is 0 Å². The Kier molecular flexibility index (Phi) is 3.72. The fraction of sp³-hybridized carbons (Fsp3) is 0.300. The average molecular weight is 251 g/mol. The van der Waals surface area contributed by atoms with Gasteiger partial charge in [0.05, 0.1) is 0 Å². The second-order valence-electron chi connectivity index (χ2n) is 3.26. The van der Waals surface area contributed by atoms with Gasteiger partial charge in [-0.3, -0.25) is 10.1 Å². The molecule has 1 aromatic rings. The molecule has 7 heteroatoms. The van der Waals surface area contributed by atoms with Crippen LogP contribution in [0.15, 0.2) is 30.3 Å². The molecule has 0 aliphatic heterocycles. The van der Waals surface area contributed by atoms with Crippen LogP contribution >= 0.6 is 0 Å². The normalized spacial score (nSPS) is 12.3. The molecule has 0 bridgehead atoms. The molecule has 94 valence electrons. The van der Waals surface area contributed by atoms with Crippen LogP contribution in [0.1, 0.15) is 10.4 Å². The van der Waals surface area contributed by atoms with E-state index >= 15 is 0 Å². The van der Waals surface area contributed by atoms with Crippen LogP contribution in [-0.4, -0.2) is 29.6 Å². The van der Waals surface area contributed by atoms with Gasteiger partial charge in [0.2, 0.25) is 0 Å². The van der Waals surface area contributed by atoms with E-state index < -0.39 is 24.5 Å². The molecule has 0 saturated carbocycles. The zero-order chi connectivity index (χ0) is 13.1. The minimum absolute atomic E-state index is 0.180. The number of aliphatic hydroxyl groups excluding tert-OH is 1. The number of rotatable bonds is 4. The predicted molar refractivity (Wildman–Crippen MR) is 50.9 cm³/mol. The van der Waals surface area contributed by atoms with E-state index in [0.717, 1.165) is 5.32 Å². The zero-order valence-electron chi connectivity index (χ0n) is 8.46. The molecule has 0 atom stereocenters. The molecule has 1 aromatic carbocycles. The number of carbonyl (C=O) groups is 1. The molecule has 0 unspecified atom stereocenters. The molecule has 17 heavy (non-hydrogen) atoms. The Morgan fingerprint density at radius 1 is 1.18 bits per heavy atom. The van der Waals surface area contributed by atoms with Crippen molar-refractivity contribution >= 4 is 5.91 Å². The van der Waals surface area contributed by atoms with Crippen molar-refractivity contribution in [1.82, 2.24) is 5.32 Å². The molecule has 0 radical (unpaired) electrons. The number of benzene rings is 1. The average Bonchev–Trinajstić information content (AvgIpc) is 2.29. The number of alkyl halides is 4. The van der Waals surface area contributed by atoms with Crippen LogP contribution in [0.4, 0.5) is 17.6 Å². The summed E-state index contributed by atoms with van der Waals surface area (Å²) in [5.41, 5.74) is -0.180. The van der Waals surface area contributed by atoms with Gasteiger partial charge in [-0.1, -0.05) is 18.2 Å². The summed E-state index contributed by atoms with van der Waals surface area (Å²) in [5.74, 6) is -6.05. The highest BCUT2D eigenvalue weighted by atomic mass is 19.3. The Balaban J connectivity index is 2.82. The highest BCUT2D eigenvalue weighted by Gasteiger charge is 2.57. The highest BCUT2D eigenvalue weighted by Crippen LogP contribution is 2.31. The smallest absolute Gasteiger partial charge is 0.390 e. The Morgan fingerprint density at radius 3 is 2.18 bits per heavy atom. The third kappa shape index (κ3) is 2.94. The summed E-state index contributed by atoms with van der Waals surface area (Å²) in [6.45, 7) is -2.06. The quantitative estimate of drug-likeness (QED) is 0.631. The first-order valence-corrected chi connectivity index (χ1v) is 4.54. The maximum Gasteiger partial charge on any atom is 0.391 e. The molecule has 0 aliphatic rings. The summed E-state index contributed by atoms with van der Waals surface area (Å²) in [7, 11) is 0. The van der Waals surface area contributed by atoms with Crippen LogP contribution < -0.4 is 5.32 Å². The zero-order valence-corrected chi connectivity index (χ0v) is 8.46. The molecular weight excluding hydrogens is 242 g/mol. The Hall–Kier alpha value is -1.63. The molecule has 0 aromatic heterocycles. The first-order chi connectivity index (χ1) is 7.80. The number of hydrogen-bond acceptors (Lipinski definition) is 2. The van der Waals surface area contributed by atoms with Crippen LogP contribution in [0.5, 0.6) is 0 Å². The topological polar surface area (TPSA) is 49.3 Å². The number of amides is 1. The van der Waals surface area contributed by atoms with Crippen molar-refractivity contribution < 1.29 is 27.5 Å². The third-order valence-corrected chi connectivity index (χ3v) is 1.96. The molecule has 0 aliphatic carbocycles. The van der Waals surface area contributed by atoms with Crippen molar-refractivity contribution in [1.29, 1.82) is 0 Å². The molecule has 1 rings (SSSR count). The molecule has 2 N–H and O–H groups in total. The summed E-state index contributed by atoms with van der Waals surface area (Å²) in [4.78, 5) is 11.2. The molecule has 0 saturated heterocycles. The van der Waals surface area contributed by atoms with Gasteiger partial charge in [0.25, 0.3) is 5.91 Å². The van der Waals surface area contributed by atoms with E-state index in [1.54, 1.807) is 0 Å². The number of aliphatic hydroxyl groups is 1. The molecule has 1 amide bonds. The number of nitrogens with one attached hydrogen (secondary N) is 1. The van der Waals surface area contributed by atoms with Gasteiger partial charge >= 0.3 is 12.0 Å². The highest BCUT2D eigenvalue weighted by molar-refractivity contribution is 5.94. The van der Waals surface area contributed by atoms with Crippen molar-refractivity contribution in [2.75, 3.05) is 6.61 Å². The first kappa shape index (κ1) is 13.4. The lowest BCUT2D eigenvalue weighted by atomic mass is 10.2. The van der Waals surface area contributed by atoms with E-state index in [4.69, 9.17) is 5.11 Å². The molecule has 0 spiro atoms. The van der Waals surface area contributed by atoms with E-state index in [-0.39, 0.29) is 5.56 Å². The lowest BCUT2D eigenvalue weighted by Gasteiger charge is -2.25.